The first kappa shape index (κ1) is 13.1. The first-order valence-corrected chi connectivity index (χ1v) is 6.78. The van der Waals surface area contributed by atoms with Gasteiger partial charge in [-0.05, 0) is 26.7 Å². The monoisotopic (exact) mass is 277 g/mol. The van der Waals surface area contributed by atoms with Crippen LogP contribution in [0.15, 0.2) is 0 Å². The van der Waals surface area contributed by atoms with Gasteiger partial charge in [-0.15, -0.1) is 0 Å². The smallest absolute Gasteiger partial charge is 0.317 e. The number of urea groups is 1. The van der Waals surface area contributed by atoms with Crippen molar-refractivity contribution in [1.82, 2.24) is 14.9 Å². The number of carbonyl (C=O) groups excluding carboxylic acids is 1. The van der Waals surface area contributed by atoms with Crippen molar-refractivity contribution in [3.63, 3.8) is 0 Å². The summed E-state index contributed by atoms with van der Waals surface area (Å²) < 4.78 is 0. The van der Waals surface area contributed by atoms with Crippen LogP contribution in [0.2, 0.25) is 0 Å². The fourth-order valence-electron chi connectivity index (χ4n) is 3.25. The Balaban J connectivity index is 2.21. The van der Waals surface area contributed by atoms with Gasteiger partial charge in [-0.3, -0.25) is 4.90 Å². The molecule has 1 aliphatic heterocycles. The zero-order valence-electron chi connectivity index (χ0n) is 11.6. The van der Waals surface area contributed by atoms with Crippen molar-refractivity contribution < 1.29 is 9.90 Å². The minimum Gasteiger partial charge on any atom is -0.368 e. The van der Waals surface area contributed by atoms with E-state index in [4.69, 9.17) is 11.5 Å². The third-order valence-corrected chi connectivity index (χ3v) is 4.41. The molecule has 1 aliphatic carbocycles. The van der Waals surface area contributed by atoms with E-state index in [1.54, 1.807) is 0 Å². The molecule has 0 radical (unpaired) electrons. The minimum atomic E-state index is -1.17. The Kier molecular flexibility index (Phi) is 2.66. The molecule has 0 bridgehead atoms. The van der Waals surface area contributed by atoms with Gasteiger partial charge in [0.2, 0.25) is 5.95 Å². The molecule has 7 heteroatoms. The lowest BCUT2D eigenvalue weighted by molar-refractivity contribution is -0.00329. The molecule has 2 amide bonds. The lowest BCUT2D eigenvalue weighted by Gasteiger charge is -2.35. The van der Waals surface area contributed by atoms with Crippen LogP contribution >= 0.6 is 0 Å². The van der Waals surface area contributed by atoms with E-state index in [1.165, 1.54) is 4.90 Å². The Bertz CT molecular complexity index is 582. The molecule has 0 spiro atoms. The molecule has 1 aromatic rings. The lowest BCUT2D eigenvalue weighted by Crippen LogP contribution is -2.45. The number of nitrogen functional groups attached to an aromatic ring is 1. The molecule has 108 valence electrons. The van der Waals surface area contributed by atoms with E-state index in [9.17, 15) is 9.90 Å². The Labute approximate surface area is 117 Å². The van der Waals surface area contributed by atoms with Crippen LogP contribution < -0.4 is 11.5 Å². The molecule has 1 unspecified atom stereocenters. The maximum absolute atomic E-state index is 11.7. The minimum absolute atomic E-state index is 0.131. The van der Waals surface area contributed by atoms with Crippen LogP contribution in [-0.4, -0.2) is 26.0 Å². The highest BCUT2D eigenvalue weighted by Gasteiger charge is 2.50. The van der Waals surface area contributed by atoms with Gasteiger partial charge in [0, 0.05) is 11.5 Å². The molecular formula is C13H19N5O2. The number of carbonyl (C=O) groups is 1. The number of primary amides is 1. The Morgan fingerprint density at radius 1 is 1.35 bits per heavy atom. The summed E-state index contributed by atoms with van der Waals surface area (Å²) in [4.78, 5) is 21.4. The number of amides is 2. The van der Waals surface area contributed by atoms with Crippen LogP contribution in [0.5, 0.6) is 0 Å². The molecule has 2 heterocycles. The van der Waals surface area contributed by atoms with Gasteiger partial charge in [0.1, 0.15) is 5.69 Å². The van der Waals surface area contributed by atoms with Gasteiger partial charge in [-0.2, -0.15) is 0 Å². The van der Waals surface area contributed by atoms with E-state index in [2.05, 4.69) is 9.97 Å². The molecule has 1 saturated carbocycles. The number of hydrogen-bond acceptors (Lipinski definition) is 5. The van der Waals surface area contributed by atoms with Crippen LogP contribution in [0.3, 0.4) is 0 Å². The molecule has 7 nitrogen and oxygen atoms in total. The Hall–Kier alpha value is -1.89. The average molecular weight is 277 g/mol. The highest BCUT2D eigenvalue weighted by molar-refractivity contribution is 5.75. The molecule has 3 rings (SSSR count). The fraction of sp³-hybridized carbons (Fsp3) is 0.615. The average Bonchev–Trinajstić information content (AvgIpc) is 2.43. The van der Waals surface area contributed by atoms with Crippen molar-refractivity contribution in [3.05, 3.63) is 17.0 Å². The topological polar surface area (TPSA) is 118 Å². The first-order chi connectivity index (χ1) is 9.34. The van der Waals surface area contributed by atoms with Crippen LogP contribution in [0, 0.1) is 0 Å². The Morgan fingerprint density at radius 2 is 1.95 bits per heavy atom. The summed E-state index contributed by atoms with van der Waals surface area (Å²) in [5.74, 6) is 0.458. The molecule has 0 saturated heterocycles. The van der Waals surface area contributed by atoms with E-state index in [-0.39, 0.29) is 5.95 Å². The lowest BCUT2D eigenvalue weighted by atomic mass is 9.78. The molecule has 2 aliphatic rings. The number of anilines is 1. The van der Waals surface area contributed by atoms with Gasteiger partial charge in [0.05, 0.1) is 11.2 Å². The van der Waals surface area contributed by atoms with Crippen LogP contribution in [0.4, 0.5) is 10.7 Å². The molecule has 20 heavy (non-hydrogen) atoms. The fourth-order valence-corrected chi connectivity index (χ4v) is 3.25. The summed E-state index contributed by atoms with van der Waals surface area (Å²) in [5.41, 5.74) is 12.5. The van der Waals surface area contributed by atoms with Crippen molar-refractivity contribution in [2.45, 2.75) is 50.8 Å². The van der Waals surface area contributed by atoms with Crippen molar-refractivity contribution in [3.8, 4) is 0 Å². The highest BCUT2D eigenvalue weighted by atomic mass is 16.3. The first-order valence-electron chi connectivity index (χ1n) is 6.78. The Morgan fingerprint density at radius 3 is 2.45 bits per heavy atom. The van der Waals surface area contributed by atoms with Crippen molar-refractivity contribution in [1.29, 1.82) is 0 Å². The van der Waals surface area contributed by atoms with Crippen LogP contribution in [0.25, 0.3) is 0 Å². The van der Waals surface area contributed by atoms with Crippen LogP contribution in [-0.2, 0) is 5.54 Å². The summed E-state index contributed by atoms with van der Waals surface area (Å²) in [6, 6.07) is -0.682. The summed E-state index contributed by atoms with van der Waals surface area (Å²) in [7, 11) is 0. The summed E-state index contributed by atoms with van der Waals surface area (Å²) in [6.45, 7) is 3.68. The van der Waals surface area contributed by atoms with Crippen molar-refractivity contribution >= 4 is 12.0 Å². The predicted octanol–water partition coefficient (Wildman–Crippen LogP) is 0.947. The van der Waals surface area contributed by atoms with E-state index in [1.807, 2.05) is 13.8 Å². The maximum atomic E-state index is 11.7. The van der Waals surface area contributed by atoms with E-state index in [0.717, 1.165) is 30.5 Å². The van der Waals surface area contributed by atoms with E-state index < -0.39 is 17.8 Å². The van der Waals surface area contributed by atoms with Gasteiger partial charge in [-0.1, -0.05) is 6.42 Å². The number of fused-ring (bicyclic) bond motifs is 1. The predicted molar refractivity (Wildman–Crippen MR) is 72.4 cm³/mol. The molecule has 5 N–H and O–H groups in total. The van der Waals surface area contributed by atoms with Gasteiger partial charge >= 0.3 is 6.03 Å². The number of aliphatic hydroxyl groups excluding tert-OH is 1. The third kappa shape index (κ3) is 1.59. The molecule has 1 atom stereocenters. The normalized spacial score (nSPS) is 24.4. The summed E-state index contributed by atoms with van der Waals surface area (Å²) >= 11 is 0. The zero-order chi connectivity index (χ0) is 14.7. The highest BCUT2D eigenvalue weighted by Crippen LogP contribution is 2.49. The zero-order valence-corrected chi connectivity index (χ0v) is 11.6. The maximum Gasteiger partial charge on any atom is 0.317 e. The number of aromatic nitrogens is 2. The quantitative estimate of drug-likeness (QED) is 0.706. The SMILES string of the molecule is CC1(C)c2c(C3CCC3)nc(N)nc2C(O)N1C(N)=O. The van der Waals surface area contributed by atoms with E-state index in [0.29, 0.717) is 11.6 Å². The second-order valence-corrected chi connectivity index (χ2v) is 6.00. The number of hydrogen-bond donors (Lipinski definition) is 3. The van der Waals surface area contributed by atoms with Crippen molar-refractivity contribution in [2.24, 2.45) is 5.73 Å². The van der Waals surface area contributed by atoms with Gasteiger partial charge in [0.15, 0.2) is 6.23 Å². The summed E-state index contributed by atoms with van der Waals surface area (Å²) in [5, 5.41) is 10.3. The van der Waals surface area contributed by atoms with Crippen LogP contribution in [0.1, 0.15) is 62.2 Å². The summed E-state index contributed by atoms with van der Waals surface area (Å²) in [6.07, 6.45) is 2.09. The number of aliphatic hydroxyl groups is 1. The molecular weight excluding hydrogens is 258 g/mol. The molecule has 1 fully saturated rings. The third-order valence-electron chi connectivity index (χ3n) is 4.41. The largest absolute Gasteiger partial charge is 0.368 e. The standard InChI is InChI=1S/C13H19N5O2/c1-13(2)7-8(6-4-3-5-6)16-11(14)17-9(7)10(19)18(13)12(15)20/h6,10,19H,3-5H2,1-2H3,(H2,15,20)(H2,14,16,17). The second-order valence-electron chi connectivity index (χ2n) is 6.00. The van der Waals surface area contributed by atoms with Gasteiger partial charge in [0.25, 0.3) is 0 Å². The number of rotatable bonds is 1. The molecule has 0 aromatic carbocycles. The second kappa shape index (κ2) is 4.05. The molecule has 1 aromatic heterocycles. The number of nitrogens with two attached hydrogens (primary N) is 2. The van der Waals surface area contributed by atoms with E-state index >= 15 is 0 Å². The van der Waals surface area contributed by atoms with Gasteiger partial charge in [-0.25, -0.2) is 14.8 Å². The number of nitrogens with zero attached hydrogens (tertiary/aromatic N) is 3. The van der Waals surface area contributed by atoms with Gasteiger partial charge < -0.3 is 16.6 Å². The van der Waals surface area contributed by atoms with Crippen molar-refractivity contribution in [2.75, 3.05) is 5.73 Å².